The minimum Gasteiger partial charge on any atom is -0.494 e. The average Bonchev–Trinajstić information content (AvgIpc) is 3.08. The Morgan fingerprint density at radius 2 is 2.17 bits per heavy atom. The molecule has 1 heterocycles. The summed E-state index contributed by atoms with van der Waals surface area (Å²) in [5.74, 6) is -0.243. The molecule has 0 spiro atoms. The maximum absolute atomic E-state index is 12.3. The molecule has 0 aliphatic carbocycles. The molecule has 0 aliphatic heterocycles. The van der Waals surface area contributed by atoms with Gasteiger partial charge in [-0.05, 0) is 30.6 Å². The van der Waals surface area contributed by atoms with Gasteiger partial charge >= 0.3 is 5.97 Å². The Balaban J connectivity index is 2.14. The summed E-state index contributed by atoms with van der Waals surface area (Å²) in [7, 11) is 1.55. The van der Waals surface area contributed by atoms with Gasteiger partial charge < -0.3 is 15.2 Å². The molecule has 7 nitrogen and oxygen atoms in total. The maximum atomic E-state index is 12.3. The third-order valence-corrected chi connectivity index (χ3v) is 4.03. The number of carboxylic acid groups (broad SMARTS) is 1. The predicted molar refractivity (Wildman–Crippen MR) is 92.0 cm³/mol. The van der Waals surface area contributed by atoms with Crippen LogP contribution in [-0.4, -0.2) is 51.9 Å². The van der Waals surface area contributed by atoms with Crippen molar-refractivity contribution >= 4 is 23.6 Å². The minimum atomic E-state index is -1.05. The highest BCUT2D eigenvalue weighted by Crippen LogP contribution is 2.21. The zero-order valence-electron chi connectivity index (χ0n) is 13.4. The van der Waals surface area contributed by atoms with Crippen molar-refractivity contribution in [3.8, 4) is 11.4 Å². The lowest BCUT2D eigenvalue weighted by Gasteiger charge is -2.13. The van der Waals surface area contributed by atoms with E-state index in [1.807, 2.05) is 24.5 Å². The van der Waals surface area contributed by atoms with Gasteiger partial charge in [0.05, 0.1) is 18.9 Å². The molecule has 128 valence electrons. The molecule has 1 amide bonds. The van der Waals surface area contributed by atoms with E-state index in [2.05, 4.69) is 10.4 Å². The highest BCUT2D eigenvalue weighted by atomic mass is 32.2. The van der Waals surface area contributed by atoms with E-state index in [0.29, 0.717) is 23.6 Å². The normalized spacial score (nSPS) is 11.8. The van der Waals surface area contributed by atoms with Gasteiger partial charge in [0.15, 0.2) is 0 Å². The molecule has 0 radical (unpaired) electrons. The molecular formula is C16H19N3O4S. The van der Waals surface area contributed by atoms with E-state index >= 15 is 0 Å². The lowest BCUT2D eigenvalue weighted by Crippen LogP contribution is -2.41. The number of aromatic nitrogens is 2. The van der Waals surface area contributed by atoms with Gasteiger partial charge in [-0.2, -0.15) is 16.9 Å². The standard InChI is InChI=1S/C16H19N3O4S/c1-23-14-6-4-3-5-13(14)19-10-11(9-17-19)15(20)18-12(16(21)22)7-8-24-2/h3-6,9-10,12H,7-8H2,1-2H3,(H,18,20)(H,21,22). The molecule has 2 rings (SSSR count). The monoisotopic (exact) mass is 349 g/mol. The highest BCUT2D eigenvalue weighted by Gasteiger charge is 2.21. The second kappa shape index (κ2) is 8.39. The number of benzene rings is 1. The Morgan fingerprint density at radius 1 is 1.42 bits per heavy atom. The lowest BCUT2D eigenvalue weighted by molar-refractivity contribution is -0.139. The van der Waals surface area contributed by atoms with Crippen molar-refractivity contribution in [2.24, 2.45) is 0 Å². The third-order valence-electron chi connectivity index (χ3n) is 3.39. The van der Waals surface area contributed by atoms with Crippen molar-refractivity contribution in [2.45, 2.75) is 12.5 Å². The molecule has 0 fully saturated rings. The summed E-state index contributed by atoms with van der Waals surface area (Å²) < 4.78 is 6.79. The maximum Gasteiger partial charge on any atom is 0.326 e. The van der Waals surface area contributed by atoms with Crippen molar-refractivity contribution in [1.29, 1.82) is 0 Å². The van der Waals surface area contributed by atoms with Crippen molar-refractivity contribution in [3.63, 3.8) is 0 Å². The molecule has 0 aliphatic rings. The van der Waals surface area contributed by atoms with Crippen LogP contribution < -0.4 is 10.1 Å². The SMILES string of the molecule is COc1ccccc1-n1cc(C(=O)NC(CCSC)C(=O)O)cn1. The molecule has 2 N–H and O–H groups in total. The number of carbonyl (C=O) groups is 2. The van der Waals surface area contributed by atoms with E-state index in [1.54, 1.807) is 19.4 Å². The van der Waals surface area contributed by atoms with E-state index in [-0.39, 0.29) is 5.56 Å². The Hall–Kier alpha value is -2.48. The zero-order chi connectivity index (χ0) is 17.5. The number of hydrogen-bond acceptors (Lipinski definition) is 5. The molecule has 1 unspecified atom stereocenters. The highest BCUT2D eigenvalue weighted by molar-refractivity contribution is 7.98. The Kier molecular flexibility index (Phi) is 6.25. The summed E-state index contributed by atoms with van der Waals surface area (Å²) in [5.41, 5.74) is 0.979. The number of para-hydroxylation sites is 2. The molecule has 0 saturated carbocycles. The van der Waals surface area contributed by atoms with Crippen molar-refractivity contribution in [2.75, 3.05) is 19.1 Å². The predicted octanol–water partition coefficient (Wildman–Crippen LogP) is 1.82. The number of ether oxygens (including phenoxy) is 1. The number of nitrogens with zero attached hydrogens (tertiary/aromatic N) is 2. The average molecular weight is 349 g/mol. The largest absolute Gasteiger partial charge is 0.494 e. The molecule has 1 aromatic carbocycles. The Morgan fingerprint density at radius 3 is 2.83 bits per heavy atom. The van der Waals surface area contributed by atoms with Crippen LogP contribution in [0.4, 0.5) is 0 Å². The van der Waals surface area contributed by atoms with Crippen LogP contribution in [0.5, 0.6) is 5.75 Å². The Labute approximate surface area is 144 Å². The topological polar surface area (TPSA) is 93.5 Å². The van der Waals surface area contributed by atoms with Crippen LogP contribution in [0.2, 0.25) is 0 Å². The molecule has 1 aromatic heterocycles. The number of thioether (sulfide) groups is 1. The van der Waals surface area contributed by atoms with Crippen LogP contribution in [-0.2, 0) is 4.79 Å². The molecular weight excluding hydrogens is 330 g/mol. The van der Waals surface area contributed by atoms with E-state index in [4.69, 9.17) is 4.74 Å². The Bertz CT molecular complexity index is 717. The summed E-state index contributed by atoms with van der Waals surface area (Å²) in [4.78, 5) is 23.5. The van der Waals surface area contributed by atoms with Gasteiger partial charge in [0.25, 0.3) is 5.91 Å². The van der Waals surface area contributed by atoms with Crippen LogP contribution in [0.3, 0.4) is 0 Å². The molecule has 24 heavy (non-hydrogen) atoms. The fourth-order valence-corrected chi connectivity index (χ4v) is 2.60. The summed E-state index contributed by atoms with van der Waals surface area (Å²) in [6.07, 6.45) is 5.19. The summed E-state index contributed by atoms with van der Waals surface area (Å²) >= 11 is 1.53. The molecule has 2 aromatic rings. The van der Waals surface area contributed by atoms with E-state index in [1.165, 1.54) is 22.6 Å². The first-order chi connectivity index (χ1) is 11.6. The van der Waals surface area contributed by atoms with Crippen LogP contribution in [0.25, 0.3) is 5.69 Å². The van der Waals surface area contributed by atoms with E-state index in [9.17, 15) is 14.7 Å². The fourth-order valence-electron chi connectivity index (χ4n) is 2.13. The lowest BCUT2D eigenvalue weighted by atomic mass is 10.2. The van der Waals surface area contributed by atoms with Crippen molar-refractivity contribution in [3.05, 3.63) is 42.2 Å². The minimum absolute atomic E-state index is 0.288. The number of aliphatic carboxylic acids is 1. The van der Waals surface area contributed by atoms with Crippen LogP contribution in [0.15, 0.2) is 36.7 Å². The summed E-state index contributed by atoms with van der Waals surface area (Å²) in [6, 6.07) is 6.36. The molecule has 0 bridgehead atoms. The zero-order valence-corrected chi connectivity index (χ0v) is 14.2. The van der Waals surface area contributed by atoms with Gasteiger partial charge in [0.2, 0.25) is 0 Å². The second-order valence-corrected chi connectivity index (χ2v) is 5.98. The second-order valence-electron chi connectivity index (χ2n) is 4.99. The molecule has 0 saturated heterocycles. The van der Waals surface area contributed by atoms with Crippen molar-refractivity contribution in [1.82, 2.24) is 15.1 Å². The first kappa shape index (κ1) is 17.9. The molecule has 8 heteroatoms. The number of rotatable bonds is 8. The first-order valence-electron chi connectivity index (χ1n) is 7.27. The van der Waals surface area contributed by atoms with Gasteiger partial charge in [-0.25, -0.2) is 9.48 Å². The van der Waals surface area contributed by atoms with Gasteiger partial charge in [0, 0.05) is 6.20 Å². The first-order valence-corrected chi connectivity index (χ1v) is 8.67. The number of amides is 1. The quantitative estimate of drug-likeness (QED) is 0.755. The van der Waals surface area contributed by atoms with Gasteiger partial charge in [-0.1, -0.05) is 12.1 Å². The van der Waals surface area contributed by atoms with Crippen molar-refractivity contribution < 1.29 is 19.4 Å². The van der Waals surface area contributed by atoms with Crippen LogP contribution >= 0.6 is 11.8 Å². The van der Waals surface area contributed by atoms with Crippen LogP contribution in [0, 0.1) is 0 Å². The van der Waals surface area contributed by atoms with Gasteiger partial charge in [-0.15, -0.1) is 0 Å². The van der Waals surface area contributed by atoms with E-state index in [0.717, 1.165) is 0 Å². The van der Waals surface area contributed by atoms with Gasteiger partial charge in [0.1, 0.15) is 17.5 Å². The number of nitrogens with one attached hydrogen (secondary N) is 1. The van der Waals surface area contributed by atoms with Gasteiger partial charge in [-0.3, -0.25) is 4.79 Å². The third kappa shape index (κ3) is 4.29. The number of carboxylic acids is 1. The number of carbonyl (C=O) groups excluding carboxylic acids is 1. The fraction of sp³-hybridized carbons (Fsp3) is 0.312. The summed E-state index contributed by atoms with van der Waals surface area (Å²) in [6.45, 7) is 0. The number of hydrogen-bond donors (Lipinski definition) is 2. The smallest absolute Gasteiger partial charge is 0.326 e. The molecule has 1 atom stereocenters. The van der Waals surface area contributed by atoms with E-state index < -0.39 is 17.9 Å². The van der Waals surface area contributed by atoms with Crippen LogP contribution in [0.1, 0.15) is 16.8 Å². The summed E-state index contributed by atoms with van der Waals surface area (Å²) in [5, 5.41) is 15.9. The number of methoxy groups -OCH3 is 1.